The van der Waals surface area contributed by atoms with E-state index in [1.165, 1.54) is 30.5 Å². The Bertz CT molecular complexity index is 1330. The first-order chi connectivity index (χ1) is 19.0. The normalized spacial score (nSPS) is 11.5. The monoisotopic (exact) mass is 560 g/mol. The van der Waals surface area contributed by atoms with E-state index in [1.807, 2.05) is 11.8 Å². The van der Waals surface area contributed by atoms with Crippen LogP contribution in [0.25, 0.3) is 11.1 Å². The van der Waals surface area contributed by atoms with Crippen molar-refractivity contribution in [3.05, 3.63) is 71.2 Å². The quantitative estimate of drug-likeness (QED) is 0.171. The molecule has 1 amide bonds. The van der Waals surface area contributed by atoms with Crippen molar-refractivity contribution in [3.63, 3.8) is 0 Å². The molecule has 40 heavy (non-hydrogen) atoms. The Morgan fingerprint density at radius 3 is 2.58 bits per heavy atom. The number of aromatic nitrogens is 1. The van der Waals surface area contributed by atoms with Crippen LogP contribution < -0.4 is 21.5 Å². The van der Waals surface area contributed by atoms with E-state index in [9.17, 15) is 22.4 Å². The van der Waals surface area contributed by atoms with E-state index in [4.69, 9.17) is 21.6 Å². The summed E-state index contributed by atoms with van der Waals surface area (Å²) in [4.78, 5) is 18.3. The maximum Gasteiger partial charge on any atom is 0.416 e. The SMILES string of the molecule is CCCCN(CCN)Cc1ccc(NC(=O)COc2ccc(-c3cnc(N)c(C=N)c3)cc2F)cc1C(F)(F)F. The second-order valence-electron chi connectivity index (χ2n) is 9.11. The predicted molar refractivity (Wildman–Crippen MR) is 147 cm³/mol. The van der Waals surface area contributed by atoms with Crippen LogP contribution in [-0.2, 0) is 17.5 Å². The van der Waals surface area contributed by atoms with Crippen LogP contribution in [0.2, 0.25) is 0 Å². The minimum Gasteiger partial charge on any atom is -0.481 e. The van der Waals surface area contributed by atoms with Gasteiger partial charge in [-0.25, -0.2) is 9.37 Å². The lowest BCUT2D eigenvalue weighted by molar-refractivity contribution is -0.138. The van der Waals surface area contributed by atoms with E-state index in [0.717, 1.165) is 25.1 Å². The molecular formula is C28H32F4N6O2. The number of amides is 1. The highest BCUT2D eigenvalue weighted by molar-refractivity contribution is 5.92. The maximum absolute atomic E-state index is 14.7. The van der Waals surface area contributed by atoms with Gasteiger partial charge < -0.3 is 26.9 Å². The van der Waals surface area contributed by atoms with Gasteiger partial charge in [0.2, 0.25) is 0 Å². The fourth-order valence-electron chi connectivity index (χ4n) is 4.03. The van der Waals surface area contributed by atoms with Crippen molar-refractivity contribution in [1.82, 2.24) is 9.88 Å². The minimum absolute atomic E-state index is 0.0581. The number of rotatable bonds is 13. The van der Waals surface area contributed by atoms with Gasteiger partial charge in [-0.1, -0.05) is 25.5 Å². The predicted octanol–water partition coefficient (Wildman–Crippen LogP) is 5.06. The van der Waals surface area contributed by atoms with Gasteiger partial charge in [-0.3, -0.25) is 9.69 Å². The molecule has 12 heteroatoms. The average Bonchev–Trinajstić information content (AvgIpc) is 2.91. The zero-order valence-electron chi connectivity index (χ0n) is 22.0. The molecule has 0 saturated carbocycles. The first-order valence-electron chi connectivity index (χ1n) is 12.7. The number of unbranched alkanes of at least 4 members (excludes halogenated alkanes) is 1. The lowest BCUT2D eigenvalue weighted by Gasteiger charge is -2.24. The van der Waals surface area contributed by atoms with E-state index in [2.05, 4.69) is 10.3 Å². The van der Waals surface area contributed by atoms with E-state index >= 15 is 0 Å². The lowest BCUT2D eigenvalue weighted by Crippen LogP contribution is -2.31. The zero-order chi connectivity index (χ0) is 29.3. The van der Waals surface area contributed by atoms with Gasteiger partial charge in [0.25, 0.3) is 5.91 Å². The Labute approximate surface area is 229 Å². The van der Waals surface area contributed by atoms with E-state index in [-0.39, 0.29) is 29.4 Å². The smallest absolute Gasteiger partial charge is 0.416 e. The van der Waals surface area contributed by atoms with E-state index in [0.29, 0.717) is 36.3 Å². The number of alkyl halides is 3. The molecule has 3 rings (SSSR count). The third kappa shape index (κ3) is 8.23. The van der Waals surface area contributed by atoms with Gasteiger partial charge in [0, 0.05) is 48.9 Å². The van der Waals surface area contributed by atoms with Crippen molar-refractivity contribution in [1.29, 1.82) is 5.41 Å². The summed E-state index contributed by atoms with van der Waals surface area (Å²) in [6.45, 7) is 2.87. The van der Waals surface area contributed by atoms with Crippen molar-refractivity contribution in [2.45, 2.75) is 32.5 Å². The molecule has 8 nitrogen and oxygen atoms in total. The number of nitrogens with one attached hydrogen (secondary N) is 2. The molecule has 0 unspecified atom stereocenters. The molecule has 0 saturated heterocycles. The third-order valence-electron chi connectivity index (χ3n) is 6.10. The molecule has 0 fully saturated rings. The number of carbonyl (C=O) groups is 1. The molecule has 214 valence electrons. The number of nitrogens with zero attached hydrogens (tertiary/aromatic N) is 2. The summed E-state index contributed by atoms with van der Waals surface area (Å²) < 4.78 is 61.4. The summed E-state index contributed by atoms with van der Waals surface area (Å²) in [6, 6.07) is 9.23. The van der Waals surface area contributed by atoms with Gasteiger partial charge in [0.1, 0.15) is 5.82 Å². The van der Waals surface area contributed by atoms with Crippen LogP contribution >= 0.6 is 0 Å². The molecule has 0 atom stereocenters. The van der Waals surface area contributed by atoms with Gasteiger partial charge in [-0.05, 0) is 54.4 Å². The van der Waals surface area contributed by atoms with Crippen molar-refractivity contribution < 1.29 is 27.1 Å². The number of hydrogen-bond donors (Lipinski definition) is 4. The number of nitrogen functional groups attached to an aromatic ring is 1. The highest BCUT2D eigenvalue weighted by atomic mass is 19.4. The molecule has 0 aliphatic rings. The Morgan fingerprint density at radius 2 is 1.93 bits per heavy atom. The van der Waals surface area contributed by atoms with Crippen LogP contribution in [0.4, 0.5) is 29.1 Å². The summed E-state index contributed by atoms with van der Waals surface area (Å²) in [5, 5.41) is 9.75. The summed E-state index contributed by atoms with van der Waals surface area (Å²) in [7, 11) is 0. The molecule has 2 aromatic carbocycles. The molecule has 0 aliphatic heterocycles. The molecule has 0 aliphatic carbocycles. The van der Waals surface area contributed by atoms with Crippen molar-refractivity contribution >= 4 is 23.6 Å². The molecule has 6 N–H and O–H groups in total. The number of benzene rings is 2. The van der Waals surface area contributed by atoms with Gasteiger partial charge in [-0.15, -0.1) is 0 Å². The fraction of sp³-hybridized carbons (Fsp3) is 0.321. The van der Waals surface area contributed by atoms with Crippen molar-refractivity contribution in [2.75, 3.05) is 37.3 Å². The van der Waals surface area contributed by atoms with Gasteiger partial charge in [0.05, 0.1) is 5.56 Å². The molecule has 0 bridgehead atoms. The van der Waals surface area contributed by atoms with Crippen LogP contribution in [0.5, 0.6) is 5.75 Å². The average molecular weight is 561 g/mol. The Kier molecular flexibility index (Phi) is 10.6. The number of anilines is 2. The first kappa shape index (κ1) is 30.5. The first-order valence-corrected chi connectivity index (χ1v) is 12.7. The highest BCUT2D eigenvalue weighted by Crippen LogP contribution is 2.34. The Morgan fingerprint density at radius 1 is 1.15 bits per heavy atom. The topological polar surface area (TPSA) is 130 Å². The Balaban J connectivity index is 1.68. The molecule has 3 aromatic rings. The third-order valence-corrected chi connectivity index (χ3v) is 6.10. The Hall–Kier alpha value is -4.03. The summed E-state index contributed by atoms with van der Waals surface area (Å²) in [5.41, 5.74) is 11.8. The second kappa shape index (κ2) is 13.9. The molecule has 0 radical (unpaired) electrons. The number of hydrogen-bond acceptors (Lipinski definition) is 7. The summed E-state index contributed by atoms with van der Waals surface area (Å²) >= 11 is 0. The van der Waals surface area contributed by atoms with Crippen LogP contribution in [0, 0.1) is 11.2 Å². The van der Waals surface area contributed by atoms with Gasteiger partial charge in [-0.2, -0.15) is 13.2 Å². The standard InChI is InChI=1S/C28H32F4N6O2/c1-2-3-9-38(10-8-33)16-19-4-6-22(13-23(19)28(30,31)32)37-26(39)17-40-25-7-5-18(12-24(25)29)21-11-20(14-34)27(35)36-15-21/h4-7,11-15,34H,2-3,8-10,16-17,33H2,1H3,(H2,35,36)(H,37,39). The molecular weight excluding hydrogens is 528 g/mol. The zero-order valence-corrected chi connectivity index (χ0v) is 22.0. The molecule has 0 spiro atoms. The van der Waals surface area contributed by atoms with Crippen LogP contribution in [-0.4, -0.2) is 48.2 Å². The number of carbonyl (C=O) groups excluding carboxylic acids is 1. The number of pyridine rings is 1. The number of halogens is 4. The van der Waals surface area contributed by atoms with E-state index < -0.39 is 30.1 Å². The van der Waals surface area contributed by atoms with Crippen LogP contribution in [0.15, 0.2) is 48.7 Å². The number of nitrogens with two attached hydrogens (primary N) is 2. The lowest BCUT2D eigenvalue weighted by atomic mass is 10.0. The van der Waals surface area contributed by atoms with E-state index in [1.54, 1.807) is 12.1 Å². The van der Waals surface area contributed by atoms with Gasteiger partial charge >= 0.3 is 6.18 Å². The highest BCUT2D eigenvalue weighted by Gasteiger charge is 2.34. The number of ether oxygens (including phenoxy) is 1. The summed E-state index contributed by atoms with van der Waals surface area (Å²) in [5.74, 6) is -1.56. The largest absolute Gasteiger partial charge is 0.481 e. The van der Waals surface area contributed by atoms with Gasteiger partial charge in [0.15, 0.2) is 18.2 Å². The second-order valence-corrected chi connectivity index (χ2v) is 9.11. The molecule has 1 heterocycles. The van der Waals surface area contributed by atoms with Crippen molar-refractivity contribution in [3.8, 4) is 16.9 Å². The van der Waals surface area contributed by atoms with Crippen molar-refractivity contribution in [2.24, 2.45) is 5.73 Å². The van der Waals surface area contributed by atoms with Crippen LogP contribution in [0.1, 0.15) is 36.5 Å². The van der Waals surface area contributed by atoms with Crippen LogP contribution in [0.3, 0.4) is 0 Å². The minimum atomic E-state index is -4.63. The fourth-order valence-corrected chi connectivity index (χ4v) is 4.03. The summed E-state index contributed by atoms with van der Waals surface area (Å²) in [6.07, 6.45) is -0.417. The molecule has 1 aromatic heterocycles. The maximum atomic E-state index is 14.7.